The number of hydrogen-bond acceptors (Lipinski definition) is 3. The Bertz CT molecular complexity index is 434. The lowest BCUT2D eigenvalue weighted by atomic mass is 10.2. The summed E-state index contributed by atoms with van der Waals surface area (Å²) in [5.74, 6) is -0.442. The Morgan fingerprint density at radius 1 is 1.47 bits per heavy atom. The molecular weight excluding hydrogens is 243 g/mol. The third-order valence-electron chi connectivity index (χ3n) is 1.53. The maximum Gasteiger partial charge on any atom is 0.295 e. The van der Waals surface area contributed by atoms with Crippen LogP contribution in [0.15, 0.2) is 12.1 Å². The Morgan fingerprint density at radius 3 is 2.53 bits per heavy atom. The van der Waals surface area contributed by atoms with Crippen LogP contribution in [0.2, 0.25) is 10.0 Å². The second-order valence-corrected chi connectivity index (χ2v) is 3.56. The zero-order valence-corrected chi connectivity index (χ0v) is 9.09. The second-order valence-electron chi connectivity index (χ2n) is 2.72. The lowest BCUT2D eigenvalue weighted by Gasteiger charge is -2.05. The molecule has 0 aliphatic heterocycles. The molecule has 5 nitrogen and oxygen atoms in total. The van der Waals surface area contributed by atoms with Crippen LogP contribution in [-0.2, 0) is 4.79 Å². The van der Waals surface area contributed by atoms with E-state index in [1.54, 1.807) is 0 Å². The van der Waals surface area contributed by atoms with Gasteiger partial charge in [-0.2, -0.15) is 0 Å². The van der Waals surface area contributed by atoms with E-state index in [-0.39, 0.29) is 21.4 Å². The highest BCUT2D eigenvalue weighted by atomic mass is 35.5. The molecule has 0 aliphatic carbocycles. The van der Waals surface area contributed by atoms with Crippen LogP contribution in [0.4, 0.5) is 11.4 Å². The van der Waals surface area contributed by atoms with E-state index in [1.807, 2.05) is 0 Å². The lowest BCUT2D eigenvalue weighted by molar-refractivity contribution is -0.383. The fraction of sp³-hybridized carbons (Fsp3) is 0.125. The van der Waals surface area contributed by atoms with Crippen molar-refractivity contribution in [3.8, 4) is 0 Å². The highest BCUT2D eigenvalue weighted by molar-refractivity contribution is 6.37. The van der Waals surface area contributed by atoms with Gasteiger partial charge in [-0.15, -0.1) is 0 Å². The molecule has 0 unspecified atom stereocenters. The van der Waals surface area contributed by atoms with Crippen LogP contribution in [-0.4, -0.2) is 10.8 Å². The fourth-order valence-corrected chi connectivity index (χ4v) is 1.53. The van der Waals surface area contributed by atoms with Gasteiger partial charge in [0.2, 0.25) is 5.91 Å². The van der Waals surface area contributed by atoms with Gasteiger partial charge < -0.3 is 5.32 Å². The molecule has 0 aromatic heterocycles. The van der Waals surface area contributed by atoms with Gasteiger partial charge in [0.05, 0.1) is 9.95 Å². The van der Waals surface area contributed by atoms with Crippen molar-refractivity contribution >= 4 is 40.5 Å². The maximum absolute atomic E-state index is 10.8. The minimum Gasteiger partial charge on any atom is -0.319 e. The van der Waals surface area contributed by atoms with Crippen molar-refractivity contribution in [2.24, 2.45) is 0 Å². The third-order valence-corrected chi connectivity index (χ3v) is 2.05. The third kappa shape index (κ3) is 2.81. The first-order valence-corrected chi connectivity index (χ1v) is 4.58. The summed E-state index contributed by atoms with van der Waals surface area (Å²) in [7, 11) is 0. The number of nitro benzene ring substituents is 1. The summed E-state index contributed by atoms with van der Waals surface area (Å²) in [6.07, 6.45) is 0. The molecule has 1 aromatic carbocycles. The number of rotatable bonds is 2. The summed E-state index contributed by atoms with van der Waals surface area (Å²) in [4.78, 5) is 20.8. The number of benzene rings is 1. The summed E-state index contributed by atoms with van der Waals surface area (Å²) < 4.78 is 0. The molecule has 15 heavy (non-hydrogen) atoms. The van der Waals surface area contributed by atoms with Crippen LogP contribution in [0.1, 0.15) is 6.92 Å². The maximum atomic E-state index is 10.8. The monoisotopic (exact) mass is 248 g/mol. The second kappa shape index (κ2) is 4.46. The van der Waals surface area contributed by atoms with Crippen LogP contribution in [0.25, 0.3) is 0 Å². The molecule has 0 spiro atoms. The van der Waals surface area contributed by atoms with Crippen molar-refractivity contribution < 1.29 is 9.72 Å². The predicted octanol–water partition coefficient (Wildman–Crippen LogP) is 2.86. The quantitative estimate of drug-likeness (QED) is 0.646. The number of nitrogens with one attached hydrogen (secondary N) is 1. The van der Waals surface area contributed by atoms with Crippen LogP contribution in [0, 0.1) is 10.1 Å². The Labute approximate surface area is 95.1 Å². The molecular formula is C8H6Cl2N2O3. The van der Waals surface area contributed by atoms with Gasteiger partial charge in [0.1, 0.15) is 5.69 Å². The van der Waals surface area contributed by atoms with Gasteiger partial charge in [-0.3, -0.25) is 14.9 Å². The fourth-order valence-electron chi connectivity index (χ4n) is 1.00. The molecule has 80 valence electrons. The van der Waals surface area contributed by atoms with E-state index in [1.165, 1.54) is 13.0 Å². The van der Waals surface area contributed by atoms with E-state index in [2.05, 4.69) is 5.32 Å². The molecule has 1 rings (SSSR count). The Hall–Kier alpha value is -1.33. The molecule has 1 aromatic rings. The van der Waals surface area contributed by atoms with Crippen molar-refractivity contribution in [2.45, 2.75) is 6.92 Å². The van der Waals surface area contributed by atoms with Crippen LogP contribution in [0.5, 0.6) is 0 Å². The molecule has 0 aliphatic rings. The van der Waals surface area contributed by atoms with E-state index in [0.29, 0.717) is 0 Å². The summed E-state index contributed by atoms with van der Waals surface area (Å²) in [5, 5.41) is 13.1. The average molecular weight is 249 g/mol. The highest BCUT2D eigenvalue weighted by Crippen LogP contribution is 2.35. The molecule has 0 heterocycles. The lowest BCUT2D eigenvalue weighted by Crippen LogP contribution is -2.08. The van der Waals surface area contributed by atoms with Gasteiger partial charge in [-0.1, -0.05) is 23.2 Å². The van der Waals surface area contributed by atoms with Gasteiger partial charge in [-0.05, 0) is 6.07 Å². The first-order chi connectivity index (χ1) is 6.91. The number of nitro groups is 1. The Kier molecular flexibility index (Phi) is 3.49. The zero-order chi connectivity index (χ0) is 11.6. The molecule has 0 saturated carbocycles. The SMILES string of the molecule is CC(=O)Nc1c(Cl)cc(Cl)cc1[N+](=O)[O-]. The molecule has 1 amide bonds. The average Bonchev–Trinajstić information content (AvgIpc) is 2.08. The van der Waals surface area contributed by atoms with Gasteiger partial charge in [0.15, 0.2) is 0 Å². The number of nitrogens with zero attached hydrogens (tertiary/aromatic N) is 1. The van der Waals surface area contributed by atoms with E-state index in [4.69, 9.17) is 23.2 Å². The molecule has 7 heteroatoms. The molecule has 0 radical (unpaired) electrons. The molecule has 1 N–H and O–H groups in total. The highest BCUT2D eigenvalue weighted by Gasteiger charge is 2.19. The van der Waals surface area contributed by atoms with Crippen LogP contribution in [0.3, 0.4) is 0 Å². The number of carbonyl (C=O) groups is 1. The van der Waals surface area contributed by atoms with Crippen molar-refractivity contribution in [2.75, 3.05) is 5.32 Å². The van der Waals surface area contributed by atoms with Crippen LogP contribution >= 0.6 is 23.2 Å². The standard InChI is InChI=1S/C8H6Cl2N2O3/c1-4(13)11-8-6(10)2-5(9)3-7(8)12(14)15/h2-3H,1H3,(H,11,13). The topological polar surface area (TPSA) is 72.2 Å². The molecule has 0 fully saturated rings. The summed E-state index contributed by atoms with van der Waals surface area (Å²) in [6.45, 7) is 1.23. The minimum absolute atomic E-state index is 0.0319. The molecule has 0 atom stereocenters. The van der Waals surface area contributed by atoms with Crippen molar-refractivity contribution in [1.29, 1.82) is 0 Å². The van der Waals surface area contributed by atoms with Crippen molar-refractivity contribution in [3.63, 3.8) is 0 Å². The summed E-state index contributed by atoms with van der Waals surface area (Å²) in [5.41, 5.74) is -0.374. The smallest absolute Gasteiger partial charge is 0.295 e. The number of amides is 1. The Balaban J connectivity index is 3.33. The van der Waals surface area contributed by atoms with E-state index in [0.717, 1.165) is 6.07 Å². The molecule has 0 saturated heterocycles. The minimum atomic E-state index is -0.664. The number of anilines is 1. The van der Waals surface area contributed by atoms with Gasteiger partial charge >= 0.3 is 0 Å². The van der Waals surface area contributed by atoms with Crippen LogP contribution < -0.4 is 5.32 Å². The number of carbonyl (C=O) groups excluding carboxylic acids is 1. The van der Waals surface area contributed by atoms with Gasteiger partial charge in [0.25, 0.3) is 5.69 Å². The van der Waals surface area contributed by atoms with Gasteiger partial charge in [-0.25, -0.2) is 0 Å². The normalized spacial score (nSPS) is 9.80. The van der Waals surface area contributed by atoms with E-state index in [9.17, 15) is 14.9 Å². The number of halogens is 2. The zero-order valence-electron chi connectivity index (χ0n) is 7.58. The predicted molar refractivity (Wildman–Crippen MR) is 57.4 cm³/mol. The Morgan fingerprint density at radius 2 is 2.07 bits per heavy atom. The largest absolute Gasteiger partial charge is 0.319 e. The first kappa shape index (κ1) is 11.7. The first-order valence-electron chi connectivity index (χ1n) is 3.83. The number of hydrogen-bond donors (Lipinski definition) is 1. The van der Waals surface area contributed by atoms with E-state index < -0.39 is 10.8 Å². The molecule has 0 bridgehead atoms. The summed E-state index contributed by atoms with van der Waals surface area (Å²) >= 11 is 11.3. The van der Waals surface area contributed by atoms with E-state index >= 15 is 0 Å². The van der Waals surface area contributed by atoms with Crippen molar-refractivity contribution in [1.82, 2.24) is 0 Å². The van der Waals surface area contributed by atoms with Crippen molar-refractivity contribution in [3.05, 3.63) is 32.3 Å². The summed E-state index contributed by atoms with van der Waals surface area (Å²) in [6, 6.07) is 2.44. The van der Waals surface area contributed by atoms with Gasteiger partial charge in [0, 0.05) is 18.0 Å².